The summed E-state index contributed by atoms with van der Waals surface area (Å²) in [6, 6.07) is 6.90. The van der Waals surface area contributed by atoms with E-state index in [9.17, 15) is 9.90 Å². The molecule has 116 valence electrons. The van der Waals surface area contributed by atoms with Crippen LogP contribution >= 0.6 is 0 Å². The second-order valence-electron chi connectivity index (χ2n) is 5.65. The van der Waals surface area contributed by atoms with E-state index in [0.717, 1.165) is 31.2 Å². The van der Waals surface area contributed by atoms with Crippen LogP contribution in [0.25, 0.3) is 11.5 Å². The van der Waals surface area contributed by atoms with Crippen LogP contribution in [-0.4, -0.2) is 28.3 Å². The van der Waals surface area contributed by atoms with Crippen LogP contribution in [0.5, 0.6) is 0 Å². The maximum absolute atomic E-state index is 11.9. The zero-order valence-electron chi connectivity index (χ0n) is 12.2. The number of nitrogens with zero attached hydrogens (tertiary/aromatic N) is 1. The van der Waals surface area contributed by atoms with Gasteiger partial charge in [0, 0.05) is 17.8 Å². The number of rotatable bonds is 4. The molecule has 1 aromatic carbocycles. The van der Waals surface area contributed by atoms with Crippen molar-refractivity contribution in [1.29, 1.82) is 0 Å². The zero-order valence-corrected chi connectivity index (χ0v) is 12.2. The number of anilines is 1. The van der Waals surface area contributed by atoms with Crippen molar-refractivity contribution < 1.29 is 14.3 Å². The van der Waals surface area contributed by atoms with Crippen molar-refractivity contribution in [2.24, 2.45) is 0 Å². The number of aliphatic hydroxyl groups is 1. The molecular formula is C16H19N3O3. The molecule has 2 aromatic rings. The monoisotopic (exact) mass is 301 g/mol. The van der Waals surface area contributed by atoms with Crippen LogP contribution in [0, 0.1) is 0 Å². The standard InChI is InChI=1S/C16H19N3O3/c20-15(18-11-16(21)7-1-2-8-16)19-13-5-3-12(4-6-13)14-17-9-10-22-14/h3-6,9-10,21H,1-2,7-8,11H2,(H2,18,19,20). The van der Waals surface area contributed by atoms with Gasteiger partial charge in [0.2, 0.25) is 5.89 Å². The van der Waals surface area contributed by atoms with Gasteiger partial charge in [-0.25, -0.2) is 9.78 Å². The number of amides is 2. The Morgan fingerprint density at radius 3 is 2.64 bits per heavy atom. The molecule has 1 fully saturated rings. The van der Waals surface area contributed by atoms with Gasteiger partial charge < -0.3 is 20.2 Å². The lowest BCUT2D eigenvalue weighted by Crippen LogP contribution is -2.42. The fourth-order valence-corrected chi connectivity index (χ4v) is 2.69. The van der Waals surface area contributed by atoms with Crippen LogP contribution in [-0.2, 0) is 0 Å². The number of aromatic nitrogens is 1. The first-order valence-electron chi connectivity index (χ1n) is 7.42. The van der Waals surface area contributed by atoms with Crippen molar-refractivity contribution in [2.75, 3.05) is 11.9 Å². The molecule has 1 heterocycles. The summed E-state index contributed by atoms with van der Waals surface area (Å²) in [7, 11) is 0. The summed E-state index contributed by atoms with van der Waals surface area (Å²) < 4.78 is 5.21. The van der Waals surface area contributed by atoms with Crippen LogP contribution in [0.1, 0.15) is 25.7 Å². The van der Waals surface area contributed by atoms with Crippen LogP contribution in [0.4, 0.5) is 10.5 Å². The normalized spacial score (nSPS) is 16.4. The molecule has 1 saturated carbocycles. The average molecular weight is 301 g/mol. The first-order valence-corrected chi connectivity index (χ1v) is 7.42. The topological polar surface area (TPSA) is 87.4 Å². The van der Waals surface area contributed by atoms with Gasteiger partial charge >= 0.3 is 6.03 Å². The summed E-state index contributed by atoms with van der Waals surface area (Å²) in [5.41, 5.74) is 0.772. The molecule has 0 unspecified atom stereocenters. The molecular weight excluding hydrogens is 282 g/mol. The van der Waals surface area contributed by atoms with E-state index in [1.807, 2.05) is 12.1 Å². The molecule has 1 aromatic heterocycles. The van der Waals surface area contributed by atoms with Gasteiger partial charge in [-0.05, 0) is 37.1 Å². The minimum atomic E-state index is -0.744. The van der Waals surface area contributed by atoms with E-state index < -0.39 is 5.60 Å². The first kappa shape index (κ1) is 14.6. The van der Waals surface area contributed by atoms with Crippen molar-refractivity contribution >= 4 is 11.7 Å². The van der Waals surface area contributed by atoms with Gasteiger partial charge in [-0.15, -0.1) is 0 Å². The lowest BCUT2D eigenvalue weighted by Gasteiger charge is -2.22. The van der Waals surface area contributed by atoms with E-state index >= 15 is 0 Å². The van der Waals surface area contributed by atoms with Crippen LogP contribution in [0.2, 0.25) is 0 Å². The summed E-state index contributed by atoms with van der Waals surface area (Å²) in [6.07, 6.45) is 6.63. The molecule has 0 saturated heterocycles. The van der Waals surface area contributed by atoms with Crippen LogP contribution < -0.4 is 10.6 Å². The molecule has 0 atom stereocenters. The molecule has 6 nitrogen and oxygen atoms in total. The molecule has 3 N–H and O–H groups in total. The highest BCUT2D eigenvalue weighted by Crippen LogP contribution is 2.28. The predicted molar refractivity (Wildman–Crippen MR) is 82.4 cm³/mol. The van der Waals surface area contributed by atoms with E-state index in [2.05, 4.69) is 15.6 Å². The van der Waals surface area contributed by atoms with E-state index in [-0.39, 0.29) is 12.6 Å². The van der Waals surface area contributed by atoms with Crippen molar-refractivity contribution in [3.8, 4) is 11.5 Å². The minimum absolute atomic E-state index is 0.285. The van der Waals surface area contributed by atoms with Crippen LogP contribution in [0.3, 0.4) is 0 Å². The summed E-state index contributed by atoms with van der Waals surface area (Å²) in [6.45, 7) is 0.285. The third-order valence-electron chi connectivity index (χ3n) is 3.93. The van der Waals surface area contributed by atoms with Gasteiger partial charge in [-0.1, -0.05) is 12.8 Å². The summed E-state index contributed by atoms with van der Waals surface area (Å²) in [5, 5.41) is 15.7. The highest BCUT2D eigenvalue weighted by atomic mass is 16.3. The molecule has 0 radical (unpaired) electrons. The minimum Gasteiger partial charge on any atom is -0.445 e. The third kappa shape index (κ3) is 3.46. The van der Waals surface area contributed by atoms with Gasteiger partial charge in [0.05, 0.1) is 11.8 Å². The Hall–Kier alpha value is -2.34. The molecule has 1 aliphatic carbocycles. The van der Waals surface area contributed by atoms with Crippen molar-refractivity contribution in [2.45, 2.75) is 31.3 Å². The van der Waals surface area contributed by atoms with Crippen molar-refractivity contribution in [1.82, 2.24) is 10.3 Å². The molecule has 0 bridgehead atoms. The number of benzene rings is 1. The van der Waals surface area contributed by atoms with Crippen molar-refractivity contribution in [3.05, 3.63) is 36.7 Å². The molecule has 22 heavy (non-hydrogen) atoms. The average Bonchev–Trinajstić information content (AvgIpc) is 3.18. The fourth-order valence-electron chi connectivity index (χ4n) is 2.69. The second-order valence-corrected chi connectivity index (χ2v) is 5.65. The maximum atomic E-state index is 11.9. The SMILES string of the molecule is O=C(NCC1(O)CCCC1)Nc1ccc(-c2ncco2)cc1. The molecule has 1 aliphatic rings. The van der Waals surface area contributed by atoms with E-state index in [1.54, 1.807) is 18.3 Å². The fraction of sp³-hybridized carbons (Fsp3) is 0.375. The second kappa shape index (κ2) is 6.19. The Labute approximate surface area is 128 Å². The summed E-state index contributed by atoms with van der Waals surface area (Å²) in [5.74, 6) is 0.541. The summed E-state index contributed by atoms with van der Waals surface area (Å²) in [4.78, 5) is 15.9. The van der Waals surface area contributed by atoms with Gasteiger partial charge in [0.25, 0.3) is 0 Å². The van der Waals surface area contributed by atoms with Gasteiger partial charge in [0.15, 0.2) is 0 Å². The number of carbonyl (C=O) groups is 1. The van der Waals surface area contributed by atoms with Gasteiger partial charge in [0.1, 0.15) is 6.26 Å². The van der Waals surface area contributed by atoms with Gasteiger partial charge in [-0.3, -0.25) is 0 Å². The Bertz CT molecular complexity index is 617. The number of oxazole rings is 1. The quantitative estimate of drug-likeness (QED) is 0.810. The van der Waals surface area contributed by atoms with Crippen LogP contribution in [0.15, 0.2) is 41.1 Å². The Kier molecular flexibility index (Phi) is 4.11. The Balaban J connectivity index is 1.53. The number of hydrogen-bond donors (Lipinski definition) is 3. The molecule has 6 heteroatoms. The first-order chi connectivity index (χ1) is 10.6. The van der Waals surface area contributed by atoms with E-state index in [1.165, 1.54) is 6.26 Å². The Morgan fingerprint density at radius 1 is 1.27 bits per heavy atom. The third-order valence-corrected chi connectivity index (χ3v) is 3.93. The smallest absolute Gasteiger partial charge is 0.319 e. The number of nitrogens with one attached hydrogen (secondary N) is 2. The molecule has 0 aliphatic heterocycles. The zero-order chi connectivity index (χ0) is 15.4. The van der Waals surface area contributed by atoms with E-state index in [0.29, 0.717) is 11.6 Å². The predicted octanol–water partition coefficient (Wildman–Crippen LogP) is 2.77. The highest BCUT2D eigenvalue weighted by molar-refractivity contribution is 5.89. The van der Waals surface area contributed by atoms with E-state index in [4.69, 9.17) is 4.42 Å². The molecule has 2 amide bonds. The molecule has 0 spiro atoms. The van der Waals surface area contributed by atoms with Crippen molar-refractivity contribution in [3.63, 3.8) is 0 Å². The maximum Gasteiger partial charge on any atom is 0.319 e. The largest absolute Gasteiger partial charge is 0.445 e. The number of urea groups is 1. The highest BCUT2D eigenvalue weighted by Gasteiger charge is 2.31. The molecule has 3 rings (SSSR count). The van der Waals surface area contributed by atoms with Gasteiger partial charge in [-0.2, -0.15) is 0 Å². The lowest BCUT2D eigenvalue weighted by atomic mass is 10.0. The Morgan fingerprint density at radius 2 is 2.00 bits per heavy atom. The number of carbonyl (C=O) groups excluding carboxylic acids is 1. The lowest BCUT2D eigenvalue weighted by molar-refractivity contribution is 0.0506. The summed E-state index contributed by atoms with van der Waals surface area (Å²) >= 11 is 0. The number of hydrogen-bond acceptors (Lipinski definition) is 4.